The molecule has 0 saturated heterocycles. The van der Waals surface area contributed by atoms with Crippen LogP contribution >= 0.6 is 11.6 Å². The zero-order chi connectivity index (χ0) is 22.0. The summed E-state index contributed by atoms with van der Waals surface area (Å²) in [5, 5.41) is 3.93. The molecule has 4 rings (SSSR count). The van der Waals surface area contributed by atoms with Gasteiger partial charge < -0.3 is 14.5 Å². The lowest BCUT2D eigenvalue weighted by atomic mass is 10.2. The van der Waals surface area contributed by atoms with E-state index in [-0.39, 0.29) is 10.7 Å². The molecular formula is C22H17ClN2O5S. The normalized spacial score (nSPS) is 11.3. The molecule has 0 radical (unpaired) electrons. The molecule has 0 fully saturated rings. The van der Waals surface area contributed by atoms with Crippen molar-refractivity contribution in [2.45, 2.75) is 4.90 Å². The maximum absolute atomic E-state index is 12.5. The third kappa shape index (κ3) is 4.50. The molecule has 0 spiro atoms. The molecule has 1 amide bonds. The Kier molecular flexibility index (Phi) is 5.58. The van der Waals surface area contributed by atoms with E-state index in [2.05, 4.69) is 10.0 Å². The van der Waals surface area contributed by atoms with Crippen LogP contribution in [0.2, 0.25) is 5.02 Å². The van der Waals surface area contributed by atoms with Gasteiger partial charge >= 0.3 is 0 Å². The highest BCUT2D eigenvalue weighted by atomic mass is 35.5. The van der Waals surface area contributed by atoms with Gasteiger partial charge in [0.15, 0.2) is 17.1 Å². The number of methoxy groups -OCH3 is 1. The van der Waals surface area contributed by atoms with Gasteiger partial charge in [-0.25, -0.2) is 8.42 Å². The first-order valence-corrected chi connectivity index (χ1v) is 11.0. The highest BCUT2D eigenvalue weighted by Gasteiger charge is 2.17. The Balaban J connectivity index is 1.49. The van der Waals surface area contributed by atoms with E-state index in [4.69, 9.17) is 20.8 Å². The van der Waals surface area contributed by atoms with Crippen molar-refractivity contribution in [2.24, 2.45) is 0 Å². The molecule has 0 atom stereocenters. The van der Waals surface area contributed by atoms with Gasteiger partial charge in [-0.3, -0.25) is 9.52 Å². The van der Waals surface area contributed by atoms with Crippen LogP contribution in [0.5, 0.6) is 5.75 Å². The van der Waals surface area contributed by atoms with Crippen LogP contribution in [0.25, 0.3) is 11.0 Å². The van der Waals surface area contributed by atoms with Gasteiger partial charge in [0.25, 0.3) is 15.9 Å². The molecule has 9 heteroatoms. The molecular weight excluding hydrogens is 440 g/mol. The number of ether oxygens (including phenoxy) is 1. The fraction of sp³-hybridized carbons (Fsp3) is 0.0455. The van der Waals surface area contributed by atoms with Gasteiger partial charge in [0.05, 0.1) is 12.0 Å². The highest BCUT2D eigenvalue weighted by Crippen LogP contribution is 2.29. The average Bonchev–Trinajstić information content (AvgIpc) is 3.20. The number of rotatable bonds is 6. The number of hydrogen-bond donors (Lipinski definition) is 2. The van der Waals surface area contributed by atoms with Crippen LogP contribution in [0.4, 0.5) is 11.4 Å². The predicted molar refractivity (Wildman–Crippen MR) is 119 cm³/mol. The number of fused-ring (bicyclic) bond motifs is 1. The molecule has 0 bridgehead atoms. The molecule has 0 aliphatic heterocycles. The minimum absolute atomic E-state index is 0.0499. The number of carbonyl (C=O) groups is 1. The molecule has 1 aromatic heterocycles. The molecule has 0 saturated carbocycles. The largest absolute Gasteiger partial charge is 0.493 e. The molecule has 1 heterocycles. The summed E-state index contributed by atoms with van der Waals surface area (Å²) >= 11 is 5.82. The zero-order valence-corrected chi connectivity index (χ0v) is 17.8. The first-order chi connectivity index (χ1) is 14.9. The quantitative estimate of drug-likeness (QED) is 0.418. The minimum atomic E-state index is -3.79. The van der Waals surface area contributed by atoms with Crippen LogP contribution in [0.15, 0.2) is 82.1 Å². The van der Waals surface area contributed by atoms with Crippen molar-refractivity contribution in [3.8, 4) is 5.75 Å². The summed E-state index contributed by atoms with van der Waals surface area (Å²) < 4.78 is 38.4. The van der Waals surface area contributed by atoms with Crippen molar-refractivity contribution in [1.29, 1.82) is 0 Å². The number of sulfonamides is 1. The fourth-order valence-electron chi connectivity index (χ4n) is 2.95. The van der Waals surface area contributed by atoms with Gasteiger partial charge in [-0.1, -0.05) is 23.7 Å². The maximum Gasteiger partial charge on any atom is 0.291 e. The summed E-state index contributed by atoms with van der Waals surface area (Å²) in [6.07, 6.45) is 0. The fourth-order valence-corrected chi connectivity index (χ4v) is 4.14. The van der Waals surface area contributed by atoms with Gasteiger partial charge in [0.1, 0.15) is 0 Å². The van der Waals surface area contributed by atoms with E-state index in [9.17, 15) is 13.2 Å². The topological polar surface area (TPSA) is 97.6 Å². The summed E-state index contributed by atoms with van der Waals surface area (Å²) in [4.78, 5) is 12.6. The van der Waals surface area contributed by atoms with Crippen molar-refractivity contribution in [1.82, 2.24) is 0 Å². The lowest BCUT2D eigenvalue weighted by Crippen LogP contribution is -2.14. The second kappa shape index (κ2) is 8.33. The molecule has 158 valence electrons. The lowest BCUT2D eigenvalue weighted by molar-refractivity contribution is 0.0998. The Morgan fingerprint density at radius 2 is 1.65 bits per heavy atom. The highest BCUT2D eigenvalue weighted by molar-refractivity contribution is 7.92. The Bertz CT molecular complexity index is 1350. The number of nitrogens with one attached hydrogen (secondary N) is 2. The van der Waals surface area contributed by atoms with Crippen LogP contribution < -0.4 is 14.8 Å². The minimum Gasteiger partial charge on any atom is -0.493 e. The lowest BCUT2D eigenvalue weighted by Gasteiger charge is -2.09. The third-order valence-corrected chi connectivity index (χ3v) is 6.12. The van der Waals surface area contributed by atoms with E-state index >= 15 is 0 Å². The summed E-state index contributed by atoms with van der Waals surface area (Å²) in [5.74, 6) is 0.174. The third-order valence-electron chi connectivity index (χ3n) is 4.47. The van der Waals surface area contributed by atoms with Gasteiger partial charge in [-0.2, -0.15) is 0 Å². The van der Waals surface area contributed by atoms with E-state index in [0.717, 1.165) is 5.39 Å². The first-order valence-electron chi connectivity index (χ1n) is 9.12. The molecule has 0 aliphatic rings. The average molecular weight is 457 g/mol. The standard InChI is InChI=1S/C22H17ClN2O5S/c1-29-19-4-2-3-14-13-20(30-21(14)19)22(26)24-16-9-11-18(12-10-16)31(27,28)25-17-7-5-15(23)6-8-17/h2-13,25H,1H3,(H,24,26). The Morgan fingerprint density at radius 3 is 2.32 bits per heavy atom. The van der Waals surface area contributed by atoms with Crippen LogP contribution in [0, 0.1) is 0 Å². The van der Waals surface area contributed by atoms with Crippen molar-refractivity contribution in [2.75, 3.05) is 17.1 Å². The molecule has 4 aromatic rings. The number of hydrogen-bond acceptors (Lipinski definition) is 5. The van der Waals surface area contributed by atoms with Gasteiger partial charge in [0.2, 0.25) is 0 Å². The van der Waals surface area contributed by atoms with E-state index in [1.54, 1.807) is 42.5 Å². The smallest absolute Gasteiger partial charge is 0.291 e. The van der Waals surface area contributed by atoms with E-state index < -0.39 is 15.9 Å². The summed E-state index contributed by atoms with van der Waals surface area (Å²) in [5.41, 5.74) is 1.29. The number of carbonyl (C=O) groups excluding carboxylic acids is 1. The number of para-hydroxylation sites is 1. The van der Waals surface area contributed by atoms with Crippen molar-refractivity contribution in [3.05, 3.63) is 83.6 Å². The molecule has 3 aromatic carbocycles. The van der Waals surface area contributed by atoms with Crippen LogP contribution in [0.3, 0.4) is 0 Å². The monoisotopic (exact) mass is 456 g/mol. The van der Waals surface area contributed by atoms with Gasteiger partial charge in [-0.05, 0) is 60.7 Å². The molecule has 7 nitrogen and oxygen atoms in total. The van der Waals surface area contributed by atoms with Crippen LogP contribution in [-0.2, 0) is 10.0 Å². The summed E-state index contributed by atoms with van der Waals surface area (Å²) in [6, 6.07) is 19.1. The molecule has 2 N–H and O–H groups in total. The maximum atomic E-state index is 12.5. The second-order valence-corrected chi connectivity index (χ2v) is 8.70. The van der Waals surface area contributed by atoms with Crippen molar-refractivity contribution in [3.63, 3.8) is 0 Å². The molecule has 31 heavy (non-hydrogen) atoms. The number of amides is 1. The summed E-state index contributed by atoms with van der Waals surface area (Å²) in [7, 11) is -2.26. The second-order valence-electron chi connectivity index (χ2n) is 6.58. The number of benzene rings is 3. The Morgan fingerprint density at radius 1 is 0.968 bits per heavy atom. The van der Waals surface area contributed by atoms with Crippen LogP contribution in [-0.4, -0.2) is 21.4 Å². The first kappa shape index (κ1) is 20.8. The summed E-state index contributed by atoms with van der Waals surface area (Å²) in [6.45, 7) is 0. The van der Waals surface area contributed by atoms with Crippen molar-refractivity contribution < 1.29 is 22.4 Å². The molecule has 0 aliphatic carbocycles. The van der Waals surface area contributed by atoms with E-state index in [1.807, 2.05) is 6.07 Å². The Hall–Kier alpha value is -3.49. The molecule has 0 unspecified atom stereocenters. The van der Waals surface area contributed by atoms with Gasteiger partial charge in [0, 0.05) is 21.8 Å². The zero-order valence-electron chi connectivity index (χ0n) is 16.3. The van der Waals surface area contributed by atoms with E-state index in [0.29, 0.717) is 27.7 Å². The van der Waals surface area contributed by atoms with Crippen LogP contribution in [0.1, 0.15) is 10.6 Å². The number of halogens is 1. The number of furan rings is 1. The van der Waals surface area contributed by atoms with Gasteiger partial charge in [-0.15, -0.1) is 0 Å². The Labute approximate surface area is 183 Å². The van der Waals surface area contributed by atoms with Crippen molar-refractivity contribution >= 4 is 49.9 Å². The van der Waals surface area contributed by atoms with E-state index in [1.165, 1.54) is 31.4 Å². The predicted octanol–water partition coefficient (Wildman–Crippen LogP) is 5.15. The number of anilines is 2. The SMILES string of the molecule is COc1cccc2cc(C(=O)Nc3ccc(S(=O)(=O)Nc4ccc(Cl)cc4)cc3)oc12.